The van der Waals surface area contributed by atoms with E-state index in [9.17, 15) is 28.0 Å². The Bertz CT molecular complexity index is 1590. The summed E-state index contributed by atoms with van der Waals surface area (Å²) in [5.74, 6) is -2.68. The molecule has 14 heteroatoms. The SMILES string of the molecule is CC(C)(C)[C@H](Nc1nc(C(F)(F)F)no1)C(=O)N1C[C@H]2[C@@H]([C@H]1C(=O)NC(C#N)c1cncc3cccc(Cl)c13)C2(C)C. The molecule has 0 bridgehead atoms. The van der Waals surface area contributed by atoms with E-state index >= 15 is 0 Å². The number of hydrogen-bond donors (Lipinski definition) is 2. The molecular weight excluding hydrogens is 575 g/mol. The van der Waals surface area contributed by atoms with Gasteiger partial charge in [0, 0.05) is 40.3 Å². The number of halogens is 4. The Morgan fingerprint density at radius 2 is 1.95 bits per heavy atom. The fraction of sp³-hybridized carbons (Fsp3) is 0.500. The number of likely N-dealkylation sites (tertiary alicyclic amines) is 1. The quantitative estimate of drug-likeness (QED) is 0.402. The number of nitrogens with one attached hydrogen (secondary N) is 2. The summed E-state index contributed by atoms with van der Waals surface area (Å²) in [5.41, 5.74) is -0.639. The van der Waals surface area contributed by atoms with Gasteiger partial charge in [-0.3, -0.25) is 14.6 Å². The van der Waals surface area contributed by atoms with E-state index in [2.05, 4.69) is 31.8 Å². The number of carbonyl (C=O) groups is 2. The van der Waals surface area contributed by atoms with E-state index in [1.54, 1.807) is 45.2 Å². The third kappa shape index (κ3) is 5.12. The lowest BCUT2D eigenvalue weighted by Crippen LogP contribution is -2.56. The molecule has 1 unspecified atom stereocenters. The molecule has 10 nitrogen and oxygen atoms in total. The molecule has 1 aromatic carbocycles. The van der Waals surface area contributed by atoms with Gasteiger partial charge in [-0.05, 0) is 33.9 Å². The average molecular weight is 604 g/mol. The number of nitrogens with zero attached hydrogens (tertiary/aromatic N) is 5. The first kappa shape index (κ1) is 29.6. The third-order valence-electron chi connectivity index (χ3n) is 8.31. The van der Waals surface area contributed by atoms with Crippen LogP contribution in [0.3, 0.4) is 0 Å². The third-order valence-corrected chi connectivity index (χ3v) is 8.62. The number of piperidine rings is 1. The Balaban J connectivity index is 1.43. The Hall–Kier alpha value is -3.92. The van der Waals surface area contributed by atoms with E-state index in [1.165, 1.54) is 11.1 Å². The highest BCUT2D eigenvalue weighted by molar-refractivity contribution is 6.35. The normalized spacial score (nSPS) is 22.7. The topological polar surface area (TPSA) is 137 Å². The minimum Gasteiger partial charge on any atom is -0.335 e. The summed E-state index contributed by atoms with van der Waals surface area (Å²) < 4.78 is 43.8. The molecule has 2 aliphatic rings. The van der Waals surface area contributed by atoms with Gasteiger partial charge < -0.3 is 20.1 Å². The second-order valence-corrected chi connectivity index (χ2v) is 12.8. The van der Waals surface area contributed by atoms with Gasteiger partial charge in [0.05, 0.1) is 6.07 Å². The predicted octanol–water partition coefficient (Wildman–Crippen LogP) is 4.98. The molecule has 5 atom stereocenters. The van der Waals surface area contributed by atoms with Crippen molar-refractivity contribution in [3.8, 4) is 6.07 Å². The number of pyridine rings is 1. The molecule has 0 spiro atoms. The summed E-state index contributed by atoms with van der Waals surface area (Å²) in [6, 6.07) is 3.64. The zero-order chi connectivity index (χ0) is 30.8. The molecule has 1 saturated heterocycles. The van der Waals surface area contributed by atoms with E-state index in [4.69, 9.17) is 16.1 Å². The zero-order valence-corrected chi connectivity index (χ0v) is 24.2. The number of benzene rings is 1. The van der Waals surface area contributed by atoms with Crippen molar-refractivity contribution < 1.29 is 27.3 Å². The highest BCUT2D eigenvalue weighted by Gasteiger charge is 2.69. The van der Waals surface area contributed by atoms with Crippen LogP contribution in [0.5, 0.6) is 0 Å². The molecule has 2 N–H and O–H groups in total. The summed E-state index contributed by atoms with van der Waals surface area (Å²) in [5, 5.41) is 20.2. The van der Waals surface area contributed by atoms with Gasteiger partial charge in [-0.25, -0.2) is 0 Å². The lowest BCUT2D eigenvalue weighted by Gasteiger charge is -2.37. The van der Waals surface area contributed by atoms with Gasteiger partial charge in [-0.1, -0.05) is 58.4 Å². The van der Waals surface area contributed by atoms with Gasteiger partial charge in [0.1, 0.15) is 18.1 Å². The molecule has 2 fully saturated rings. The number of fused-ring (bicyclic) bond motifs is 2. The summed E-state index contributed by atoms with van der Waals surface area (Å²) in [6.45, 7) is 9.46. The van der Waals surface area contributed by atoms with Crippen LogP contribution < -0.4 is 10.6 Å². The van der Waals surface area contributed by atoms with Crippen LogP contribution in [0.2, 0.25) is 5.02 Å². The number of carbonyl (C=O) groups excluding carboxylic acids is 2. The Morgan fingerprint density at radius 1 is 1.24 bits per heavy atom. The van der Waals surface area contributed by atoms with Crippen LogP contribution in [-0.4, -0.2) is 50.5 Å². The predicted molar refractivity (Wildman–Crippen MR) is 146 cm³/mol. The monoisotopic (exact) mass is 603 g/mol. The fourth-order valence-electron chi connectivity index (χ4n) is 5.99. The minimum absolute atomic E-state index is 0.0206. The molecule has 1 aliphatic carbocycles. The molecular formula is C28H29ClF3N7O3. The van der Waals surface area contributed by atoms with Crippen LogP contribution in [0.15, 0.2) is 35.1 Å². The Labute approximate surface area is 244 Å². The number of aromatic nitrogens is 3. The molecule has 3 aromatic rings. The van der Waals surface area contributed by atoms with Crippen molar-refractivity contribution >= 4 is 40.2 Å². The van der Waals surface area contributed by atoms with E-state index in [-0.39, 0.29) is 23.8 Å². The van der Waals surface area contributed by atoms with Crippen LogP contribution >= 0.6 is 11.6 Å². The number of nitriles is 1. The van der Waals surface area contributed by atoms with Gasteiger partial charge in [-0.15, -0.1) is 0 Å². The lowest BCUT2D eigenvalue weighted by molar-refractivity contribution is -0.146. The highest BCUT2D eigenvalue weighted by Crippen LogP contribution is 2.65. The van der Waals surface area contributed by atoms with Crippen LogP contribution in [0.4, 0.5) is 19.2 Å². The number of anilines is 1. The van der Waals surface area contributed by atoms with E-state index in [0.29, 0.717) is 21.4 Å². The van der Waals surface area contributed by atoms with E-state index < -0.39 is 53.4 Å². The van der Waals surface area contributed by atoms with E-state index in [1.807, 2.05) is 13.8 Å². The first-order valence-electron chi connectivity index (χ1n) is 13.3. The van der Waals surface area contributed by atoms with Crippen LogP contribution in [0, 0.1) is 34.0 Å². The van der Waals surface area contributed by atoms with Crippen molar-refractivity contribution in [2.45, 2.75) is 58.9 Å². The first-order valence-corrected chi connectivity index (χ1v) is 13.6. The van der Waals surface area contributed by atoms with Gasteiger partial charge in [0.15, 0.2) is 0 Å². The number of hydrogen-bond acceptors (Lipinski definition) is 8. The largest absolute Gasteiger partial charge is 0.455 e. The van der Waals surface area contributed by atoms with Crippen molar-refractivity contribution in [2.24, 2.45) is 22.7 Å². The molecule has 2 amide bonds. The van der Waals surface area contributed by atoms with Crippen molar-refractivity contribution in [1.82, 2.24) is 25.3 Å². The Morgan fingerprint density at radius 3 is 2.57 bits per heavy atom. The minimum atomic E-state index is -4.82. The second-order valence-electron chi connectivity index (χ2n) is 12.4. The maximum atomic E-state index is 14.0. The molecule has 1 aliphatic heterocycles. The number of alkyl halides is 3. The van der Waals surface area contributed by atoms with Crippen molar-refractivity contribution in [2.75, 3.05) is 11.9 Å². The van der Waals surface area contributed by atoms with Crippen LogP contribution in [0.25, 0.3) is 10.8 Å². The van der Waals surface area contributed by atoms with Gasteiger partial charge in [-0.2, -0.15) is 23.4 Å². The second kappa shape index (κ2) is 10.1. The van der Waals surface area contributed by atoms with Crippen LogP contribution in [-0.2, 0) is 15.8 Å². The Kier molecular flexibility index (Phi) is 7.12. The van der Waals surface area contributed by atoms with Gasteiger partial charge in [0.2, 0.25) is 11.8 Å². The molecule has 2 aromatic heterocycles. The average Bonchev–Trinajstić information content (AvgIpc) is 3.32. The maximum Gasteiger partial charge on any atom is 0.455 e. The van der Waals surface area contributed by atoms with Crippen LogP contribution in [0.1, 0.15) is 52.0 Å². The van der Waals surface area contributed by atoms with Crippen molar-refractivity contribution in [1.29, 1.82) is 5.26 Å². The molecule has 3 heterocycles. The van der Waals surface area contributed by atoms with Crippen molar-refractivity contribution in [3.63, 3.8) is 0 Å². The fourth-order valence-corrected chi connectivity index (χ4v) is 6.28. The molecule has 42 heavy (non-hydrogen) atoms. The highest BCUT2D eigenvalue weighted by atomic mass is 35.5. The van der Waals surface area contributed by atoms with Gasteiger partial charge in [0.25, 0.3) is 5.82 Å². The summed E-state index contributed by atoms with van der Waals surface area (Å²) >= 11 is 6.44. The first-order chi connectivity index (χ1) is 19.6. The smallest absolute Gasteiger partial charge is 0.335 e. The van der Waals surface area contributed by atoms with E-state index in [0.717, 1.165) is 0 Å². The molecule has 0 radical (unpaired) electrons. The zero-order valence-electron chi connectivity index (χ0n) is 23.5. The maximum absolute atomic E-state index is 14.0. The summed E-state index contributed by atoms with van der Waals surface area (Å²) in [4.78, 5) is 36.9. The summed E-state index contributed by atoms with van der Waals surface area (Å²) in [7, 11) is 0. The molecule has 1 saturated carbocycles. The number of rotatable bonds is 6. The lowest BCUT2D eigenvalue weighted by atomic mass is 9.85. The molecule has 222 valence electrons. The summed E-state index contributed by atoms with van der Waals surface area (Å²) in [6.07, 6.45) is -1.74. The van der Waals surface area contributed by atoms with Gasteiger partial charge >= 0.3 is 12.2 Å². The molecule has 5 rings (SSSR count). The number of amides is 2. The standard InChI is InChI=1S/C28H29ClF3N7O3/c1-26(2,3)21(36-25-37-24(38-42-25)28(30,31)32)23(41)39-12-15-19(27(15,4)5)20(39)22(40)35-17(9-33)14-11-34-10-13-7-6-8-16(29)18(13)14/h6-8,10-11,15,17,19-21H,12H2,1-5H3,(H,35,40)(H,36,37,38)/t15-,17?,19-,20-,21+/m0/s1. The van der Waals surface area contributed by atoms with Crippen molar-refractivity contribution in [3.05, 3.63) is 47.0 Å².